The van der Waals surface area contributed by atoms with Gasteiger partial charge in [-0.25, -0.2) is 19.0 Å². The van der Waals surface area contributed by atoms with E-state index in [9.17, 15) is 14.7 Å². The molecule has 3 heterocycles. The van der Waals surface area contributed by atoms with Gasteiger partial charge in [-0.15, -0.1) is 16.4 Å². The zero-order valence-electron chi connectivity index (χ0n) is 19.6. The highest BCUT2D eigenvalue weighted by Crippen LogP contribution is 2.41. The number of nitrogens with one attached hydrogen (secondary N) is 3. The van der Waals surface area contributed by atoms with Crippen LogP contribution in [-0.4, -0.2) is 50.6 Å². The van der Waals surface area contributed by atoms with Gasteiger partial charge in [-0.2, -0.15) is 4.68 Å². The SMILES string of the molecule is COc1cc(C(Nc2ccc(C(=N)N)cc2)c2nn(-c3ncsc3C(=O)O)c(=O)[nH]2)c(F)c2c1OCOC2. The normalized spacial score (nSPS) is 13.3. The number of nitrogens with two attached hydrogens (primary N) is 1. The standard InChI is InChI=1S/C23H20FN7O6S/c1-35-14-6-12(15(24)13-7-36-9-37-17(13)14)16(28-11-4-2-10(3-5-11)19(25)26)20-29-23(34)31(30-20)21-18(22(32)33)38-8-27-21/h2-6,8,16,28H,7,9H2,1H3,(H3,25,26)(H,32,33)(H,29,30,34). The number of anilines is 1. The first-order valence-electron chi connectivity index (χ1n) is 11.0. The Morgan fingerprint density at radius 3 is 2.84 bits per heavy atom. The predicted octanol–water partition coefficient (Wildman–Crippen LogP) is 2.22. The molecule has 15 heteroatoms. The zero-order valence-corrected chi connectivity index (χ0v) is 20.5. The van der Waals surface area contributed by atoms with Crippen LogP contribution in [0.25, 0.3) is 5.82 Å². The summed E-state index contributed by atoms with van der Waals surface area (Å²) in [6.07, 6.45) is 0. The lowest BCUT2D eigenvalue weighted by molar-refractivity contribution is -0.0200. The number of benzene rings is 2. The van der Waals surface area contributed by atoms with E-state index in [1.807, 2.05) is 0 Å². The lowest BCUT2D eigenvalue weighted by atomic mass is 9.99. The minimum Gasteiger partial charge on any atom is -0.493 e. The van der Waals surface area contributed by atoms with Gasteiger partial charge >= 0.3 is 11.7 Å². The molecule has 2 aromatic carbocycles. The van der Waals surface area contributed by atoms with Gasteiger partial charge in [0.1, 0.15) is 17.7 Å². The zero-order chi connectivity index (χ0) is 27.0. The van der Waals surface area contributed by atoms with Crippen molar-refractivity contribution in [1.29, 1.82) is 5.41 Å². The third-order valence-corrected chi connectivity index (χ3v) is 6.53. The van der Waals surface area contributed by atoms with Gasteiger partial charge in [0.05, 0.1) is 24.8 Å². The molecule has 1 atom stereocenters. The topological polar surface area (TPSA) is 190 Å². The van der Waals surface area contributed by atoms with Crippen molar-refractivity contribution in [2.75, 3.05) is 19.2 Å². The van der Waals surface area contributed by atoms with Gasteiger partial charge in [-0.05, 0) is 30.3 Å². The maximum Gasteiger partial charge on any atom is 0.349 e. The van der Waals surface area contributed by atoms with Crippen LogP contribution in [0.5, 0.6) is 11.5 Å². The van der Waals surface area contributed by atoms with Gasteiger partial charge in [0.2, 0.25) is 0 Å². The van der Waals surface area contributed by atoms with Gasteiger partial charge in [0.25, 0.3) is 0 Å². The van der Waals surface area contributed by atoms with Crippen LogP contribution in [0.4, 0.5) is 10.1 Å². The van der Waals surface area contributed by atoms with Crippen molar-refractivity contribution in [2.24, 2.45) is 5.73 Å². The number of carbonyl (C=O) groups is 1. The molecule has 196 valence electrons. The van der Waals surface area contributed by atoms with Gasteiger partial charge in [-0.1, -0.05) is 0 Å². The number of hydrogen-bond donors (Lipinski definition) is 5. The smallest absolute Gasteiger partial charge is 0.349 e. The maximum absolute atomic E-state index is 15.9. The van der Waals surface area contributed by atoms with E-state index in [0.717, 1.165) is 16.0 Å². The number of amidine groups is 1. The van der Waals surface area contributed by atoms with Crippen LogP contribution in [0.3, 0.4) is 0 Å². The van der Waals surface area contributed by atoms with Crippen LogP contribution >= 0.6 is 11.3 Å². The van der Waals surface area contributed by atoms with Crippen LogP contribution in [0.15, 0.2) is 40.6 Å². The largest absolute Gasteiger partial charge is 0.493 e. The van der Waals surface area contributed by atoms with Gasteiger partial charge in [0, 0.05) is 16.8 Å². The Morgan fingerprint density at radius 1 is 1.39 bits per heavy atom. The number of carboxylic acids is 1. The average molecular weight is 542 g/mol. The minimum absolute atomic E-state index is 0.0338. The molecule has 1 unspecified atom stereocenters. The fourth-order valence-corrected chi connectivity index (χ4v) is 4.55. The third kappa shape index (κ3) is 4.44. The predicted molar refractivity (Wildman–Crippen MR) is 133 cm³/mol. The fourth-order valence-electron chi connectivity index (χ4n) is 3.94. The van der Waals surface area contributed by atoms with E-state index in [-0.39, 0.29) is 58.4 Å². The van der Waals surface area contributed by atoms with E-state index in [2.05, 4.69) is 20.4 Å². The Hall–Kier alpha value is -4.76. The quantitative estimate of drug-likeness (QED) is 0.163. The van der Waals surface area contributed by atoms with Gasteiger partial charge in [-0.3, -0.25) is 10.4 Å². The van der Waals surface area contributed by atoms with Crippen LogP contribution in [0.1, 0.15) is 38.2 Å². The Kier molecular flexibility index (Phi) is 6.52. The van der Waals surface area contributed by atoms with Crippen molar-refractivity contribution in [1.82, 2.24) is 19.7 Å². The number of ether oxygens (including phenoxy) is 3. The molecule has 13 nitrogen and oxygen atoms in total. The minimum atomic E-state index is -1.27. The van der Waals surface area contributed by atoms with Crippen molar-refractivity contribution in [3.8, 4) is 17.3 Å². The molecular weight excluding hydrogens is 521 g/mol. The molecule has 0 fully saturated rings. The monoisotopic (exact) mass is 541 g/mol. The number of fused-ring (bicyclic) bond motifs is 1. The molecule has 0 aliphatic carbocycles. The molecule has 38 heavy (non-hydrogen) atoms. The summed E-state index contributed by atoms with van der Waals surface area (Å²) >= 11 is 0.833. The number of aromatic nitrogens is 4. The molecule has 0 spiro atoms. The van der Waals surface area contributed by atoms with E-state index in [0.29, 0.717) is 11.3 Å². The summed E-state index contributed by atoms with van der Waals surface area (Å²) in [7, 11) is 1.41. The molecule has 1 aliphatic rings. The van der Waals surface area contributed by atoms with Gasteiger partial charge < -0.3 is 30.4 Å². The summed E-state index contributed by atoms with van der Waals surface area (Å²) in [5.74, 6) is -1.83. The number of hydrogen-bond acceptors (Lipinski definition) is 10. The lowest BCUT2D eigenvalue weighted by Gasteiger charge is -2.25. The number of aromatic carboxylic acids is 1. The van der Waals surface area contributed by atoms with Crippen LogP contribution in [0.2, 0.25) is 0 Å². The van der Waals surface area contributed by atoms with Crippen molar-refractivity contribution < 1.29 is 28.5 Å². The molecule has 0 amide bonds. The van der Waals surface area contributed by atoms with Crippen molar-refractivity contribution in [3.05, 3.63) is 79.5 Å². The summed E-state index contributed by atoms with van der Waals surface area (Å²) in [5.41, 5.74) is 7.17. The van der Waals surface area contributed by atoms with Crippen molar-refractivity contribution >= 4 is 28.8 Å². The summed E-state index contributed by atoms with van der Waals surface area (Å²) < 4.78 is 32.9. The summed E-state index contributed by atoms with van der Waals surface area (Å²) in [6, 6.07) is 6.78. The molecular formula is C23H20FN7O6S. The lowest BCUT2D eigenvalue weighted by Crippen LogP contribution is -2.20. The maximum atomic E-state index is 15.9. The molecule has 5 rings (SSSR count). The van der Waals surface area contributed by atoms with E-state index in [1.54, 1.807) is 24.3 Å². The molecule has 6 N–H and O–H groups in total. The molecule has 0 saturated carbocycles. The number of rotatable bonds is 8. The molecule has 0 radical (unpaired) electrons. The molecule has 1 aliphatic heterocycles. The van der Waals surface area contributed by atoms with Crippen LogP contribution in [-0.2, 0) is 11.3 Å². The number of carboxylic acid groups (broad SMARTS) is 1. The average Bonchev–Trinajstić information content (AvgIpc) is 3.55. The number of halogens is 1. The molecule has 2 aromatic heterocycles. The summed E-state index contributed by atoms with van der Waals surface area (Å²) in [5, 5.41) is 24.4. The first kappa shape index (κ1) is 24.9. The van der Waals surface area contributed by atoms with Crippen molar-refractivity contribution in [2.45, 2.75) is 12.6 Å². The Morgan fingerprint density at radius 2 is 2.16 bits per heavy atom. The number of nitrogen functional groups attached to an aromatic ring is 1. The number of thiazole rings is 1. The van der Waals surface area contributed by atoms with Crippen LogP contribution in [0, 0.1) is 11.2 Å². The molecule has 0 saturated heterocycles. The number of methoxy groups -OCH3 is 1. The first-order chi connectivity index (χ1) is 18.3. The number of aromatic amines is 1. The third-order valence-electron chi connectivity index (χ3n) is 5.73. The Labute approximate surface area is 217 Å². The second-order valence-electron chi connectivity index (χ2n) is 8.01. The summed E-state index contributed by atoms with van der Waals surface area (Å²) in [6.45, 7) is -0.138. The van der Waals surface area contributed by atoms with E-state index >= 15 is 4.39 Å². The second kappa shape index (κ2) is 9.95. The first-order valence-corrected chi connectivity index (χ1v) is 11.8. The second-order valence-corrected chi connectivity index (χ2v) is 8.86. The molecule has 4 aromatic rings. The highest BCUT2D eigenvalue weighted by atomic mass is 32.1. The molecule has 0 bridgehead atoms. The van der Waals surface area contributed by atoms with E-state index in [4.69, 9.17) is 25.4 Å². The van der Waals surface area contributed by atoms with Crippen molar-refractivity contribution in [3.63, 3.8) is 0 Å². The number of H-pyrrole nitrogens is 1. The van der Waals surface area contributed by atoms with E-state index < -0.39 is 23.5 Å². The highest BCUT2D eigenvalue weighted by Gasteiger charge is 2.31. The van der Waals surface area contributed by atoms with E-state index in [1.165, 1.54) is 18.7 Å². The Balaban J connectivity index is 1.66. The van der Waals surface area contributed by atoms with Crippen LogP contribution < -0.4 is 26.2 Å². The summed E-state index contributed by atoms with van der Waals surface area (Å²) in [4.78, 5) is 30.8. The van der Waals surface area contributed by atoms with Gasteiger partial charge in [0.15, 0.2) is 34.8 Å². The fraction of sp³-hybridized carbons (Fsp3) is 0.174. The Bertz CT molecular complexity index is 1600. The number of nitrogens with zero attached hydrogens (tertiary/aromatic N) is 3. The highest BCUT2D eigenvalue weighted by molar-refractivity contribution is 7.12.